The van der Waals surface area contributed by atoms with Gasteiger partial charge in [-0.2, -0.15) is 13.2 Å². The van der Waals surface area contributed by atoms with Crippen LogP contribution in [0.1, 0.15) is 24.8 Å². The molecule has 1 amide bonds. The summed E-state index contributed by atoms with van der Waals surface area (Å²) in [7, 11) is 0. The Hall–Kier alpha value is -0.920. The molecule has 2 N–H and O–H groups in total. The number of benzene rings is 1. The van der Waals surface area contributed by atoms with E-state index in [2.05, 4.69) is 10.6 Å². The maximum atomic E-state index is 12.4. The molecule has 1 aromatic rings. The number of alkyl halides is 3. The first-order chi connectivity index (χ1) is 10.8. The Morgan fingerprint density at radius 3 is 2.79 bits per heavy atom. The lowest BCUT2D eigenvalue weighted by Gasteiger charge is -2.14. The molecule has 1 fully saturated rings. The van der Waals surface area contributed by atoms with Crippen molar-refractivity contribution in [2.45, 2.75) is 37.3 Å². The molecule has 1 heterocycles. The van der Waals surface area contributed by atoms with Crippen LogP contribution in [0.5, 0.6) is 0 Å². The molecule has 0 radical (unpaired) electrons. The zero-order valence-electron chi connectivity index (χ0n) is 13.4. The minimum Gasteiger partial charge on any atom is -0.325 e. The number of nitrogens with one attached hydrogen (secondary N) is 2. The SMILES string of the molecule is Cc1ccc(SCC(F)(F)F)c(NC(=O)CCC2CCNC2)c1.Cl. The maximum Gasteiger partial charge on any atom is 0.398 e. The number of carbonyl (C=O) groups is 1. The third-order valence-corrected chi connectivity index (χ3v) is 4.88. The molecule has 24 heavy (non-hydrogen) atoms. The number of anilines is 1. The second-order valence-corrected chi connectivity index (χ2v) is 6.87. The Morgan fingerprint density at radius 1 is 1.42 bits per heavy atom. The second-order valence-electron chi connectivity index (χ2n) is 5.85. The molecule has 3 nitrogen and oxygen atoms in total. The van der Waals surface area contributed by atoms with Crippen LogP contribution in [-0.4, -0.2) is 30.9 Å². The fraction of sp³-hybridized carbons (Fsp3) is 0.562. The first-order valence-corrected chi connectivity index (χ1v) is 8.63. The highest BCUT2D eigenvalue weighted by Crippen LogP contribution is 2.33. The number of carbonyl (C=O) groups excluding carboxylic acids is 1. The Bertz CT molecular complexity index is 549. The van der Waals surface area contributed by atoms with E-state index in [1.807, 2.05) is 6.92 Å². The summed E-state index contributed by atoms with van der Waals surface area (Å²) in [6.07, 6.45) is -1.96. The number of amides is 1. The van der Waals surface area contributed by atoms with E-state index in [1.54, 1.807) is 18.2 Å². The van der Waals surface area contributed by atoms with Crippen molar-refractivity contribution in [3.8, 4) is 0 Å². The minimum absolute atomic E-state index is 0. The molecule has 1 atom stereocenters. The number of aryl methyl sites for hydroxylation is 1. The van der Waals surface area contributed by atoms with Gasteiger partial charge in [-0.3, -0.25) is 4.79 Å². The maximum absolute atomic E-state index is 12.4. The van der Waals surface area contributed by atoms with Crippen molar-refractivity contribution in [1.29, 1.82) is 0 Å². The molecule has 1 aliphatic heterocycles. The molecule has 0 aromatic heterocycles. The topological polar surface area (TPSA) is 41.1 Å². The second kappa shape index (κ2) is 9.53. The van der Waals surface area contributed by atoms with Crippen LogP contribution in [0.25, 0.3) is 0 Å². The van der Waals surface area contributed by atoms with Gasteiger partial charge in [-0.1, -0.05) is 6.07 Å². The van der Waals surface area contributed by atoms with Crippen LogP contribution in [0, 0.1) is 12.8 Å². The molecule has 1 saturated heterocycles. The first-order valence-electron chi connectivity index (χ1n) is 7.64. The number of rotatable bonds is 6. The molecule has 0 bridgehead atoms. The quantitative estimate of drug-likeness (QED) is 0.716. The minimum atomic E-state index is -4.23. The molecule has 2 rings (SSSR count). The normalized spacial score (nSPS) is 17.4. The highest BCUT2D eigenvalue weighted by atomic mass is 35.5. The van der Waals surface area contributed by atoms with Gasteiger partial charge in [0.25, 0.3) is 0 Å². The lowest BCUT2D eigenvalue weighted by atomic mass is 10.0. The Balaban J connectivity index is 0.00000288. The summed E-state index contributed by atoms with van der Waals surface area (Å²) in [4.78, 5) is 12.5. The van der Waals surface area contributed by atoms with E-state index in [0.29, 0.717) is 34.7 Å². The van der Waals surface area contributed by atoms with Gasteiger partial charge in [0.2, 0.25) is 5.91 Å². The molecular weight excluding hydrogens is 361 g/mol. The van der Waals surface area contributed by atoms with Crippen LogP contribution in [0.3, 0.4) is 0 Å². The third kappa shape index (κ3) is 7.32. The van der Waals surface area contributed by atoms with Crippen molar-refractivity contribution < 1.29 is 18.0 Å². The number of hydrogen-bond acceptors (Lipinski definition) is 3. The monoisotopic (exact) mass is 382 g/mol. The molecule has 0 saturated carbocycles. The van der Waals surface area contributed by atoms with Gasteiger partial charge in [0.05, 0.1) is 11.4 Å². The van der Waals surface area contributed by atoms with Crippen molar-refractivity contribution in [2.75, 3.05) is 24.2 Å². The highest BCUT2D eigenvalue weighted by molar-refractivity contribution is 7.99. The van der Waals surface area contributed by atoms with Crippen LogP contribution < -0.4 is 10.6 Å². The van der Waals surface area contributed by atoms with Crippen LogP contribution in [0.2, 0.25) is 0 Å². The van der Waals surface area contributed by atoms with Gasteiger partial charge < -0.3 is 10.6 Å². The first kappa shape index (κ1) is 21.1. The number of halogens is 4. The van der Waals surface area contributed by atoms with Crippen molar-refractivity contribution in [1.82, 2.24) is 5.32 Å². The largest absolute Gasteiger partial charge is 0.398 e. The zero-order chi connectivity index (χ0) is 16.9. The van der Waals surface area contributed by atoms with Crippen molar-refractivity contribution in [3.63, 3.8) is 0 Å². The molecule has 136 valence electrons. The summed E-state index contributed by atoms with van der Waals surface area (Å²) in [6, 6.07) is 5.09. The average Bonchev–Trinajstić information content (AvgIpc) is 2.96. The molecule has 8 heteroatoms. The van der Waals surface area contributed by atoms with E-state index in [0.717, 1.165) is 31.5 Å². The van der Waals surface area contributed by atoms with E-state index in [9.17, 15) is 18.0 Å². The van der Waals surface area contributed by atoms with E-state index in [1.165, 1.54) is 0 Å². The molecular formula is C16H22ClF3N2OS. The van der Waals surface area contributed by atoms with Crippen LogP contribution in [0.15, 0.2) is 23.1 Å². The fourth-order valence-electron chi connectivity index (χ4n) is 2.54. The van der Waals surface area contributed by atoms with Gasteiger partial charge in [0.1, 0.15) is 0 Å². The summed E-state index contributed by atoms with van der Waals surface area (Å²) < 4.78 is 37.2. The summed E-state index contributed by atoms with van der Waals surface area (Å²) >= 11 is 0.698. The Kier molecular flexibility index (Phi) is 8.39. The summed E-state index contributed by atoms with van der Waals surface area (Å²) in [5, 5.41) is 6.02. The highest BCUT2D eigenvalue weighted by Gasteiger charge is 2.27. The van der Waals surface area contributed by atoms with E-state index in [4.69, 9.17) is 0 Å². The van der Waals surface area contributed by atoms with E-state index < -0.39 is 11.9 Å². The van der Waals surface area contributed by atoms with Crippen LogP contribution >= 0.6 is 24.2 Å². The van der Waals surface area contributed by atoms with E-state index >= 15 is 0 Å². The molecule has 1 aromatic carbocycles. The Labute approximate surface area is 150 Å². The van der Waals surface area contributed by atoms with Crippen molar-refractivity contribution >= 4 is 35.8 Å². The number of hydrogen-bond donors (Lipinski definition) is 2. The van der Waals surface area contributed by atoms with Gasteiger partial charge in [-0.15, -0.1) is 24.2 Å². The molecule has 0 aliphatic carbocycles. The zero-order valence-corrected chi connectivity index (χ0v) is 15.0. The lowest BCUT2D eigenvalue weighted by molar-refractivity contribution is -0.116. The van der Waals surface area contributed by atoms with Crippen LogP contribution in [0.4, 0.5) is 18.9 Å². The Morgan fingerprint density at radius 2 is 2.17 bits per heavy atom. The lowest BCUT2D eigenvalue weighted by Crippen LogP contribution is -2.16. The van der Waals surface area contributed by atoms with Gasteiger partial charge in [-0.25, -0.2) is 0 Å². The number of thioether (sulfide) groups is 1. The predicted molar refractivity (Wildman–Crippen MR) is 94.0 cm³/mol. The van der Waals surface area contributed by atoms with Crippen molar-refractivity contribution in [3.05, 3.63) is 23.8 Å². The molecule has 1 aliphatic rings. The predicted octanol–water partition coefficient (Wildman–Crippen LogP) is 4.40. The molecule has 0 spiro atoms. The average molecular weight is 383 g/mol. The van der Waals surface area contributed by atoms with Gasteiger partial charge in [0.15, 0.2) is 0 Å². The van der Waals surface area contributed by atoms with Crippen LogP contribution in [-0.2, 0) is 4.79 Å². The summed E-state index contributed by atoms with van der Waals surface area (Å²) in [6.45, 7) is 3.77. The summed E-state index contributed by atoms with van der Waals surface area (Å²) in [5.41, 5.74) is 1.37. The third-order valence-electron chi connectivity index (χ3n) is 3.74. The van der Waals surface area contributed by atoms with Gasteiger partial charge >= 0.3 is 6.18 Å². The fourth-order valence-corrected chi connectivity index (χ4v) is 3.28. The van der Waals surface area contributed by atoms with Gasteiger partial charge in [-0.05, 0) is 56.5 Å². The van der Waals surface area contributed by atoms with Gasteiger partial charge in [0, 0.05) is 11.3 Å². The van der Waals surface area contributed by atoms with E-state index in [-0.39, 0.29) is 18.3 Å². The summed E-state index contributed by atoms with van der Waals surface area (Å²) in [5.74, 6) is -0.596. The standard InChI is InChI=1S/C16H21F3N2OS.ClH/c1-11-2-4-14(23-10-16(17,18)19)13(8-11)21-15(22)5-3-12-6-7-20-9-12;/h2,4,8,12,20H,3,5-7,9-10H2,1H3,(H,21,22);1H. The van der Waals surface area contributed by atoms with Crippen molar-refractivity contribution in [2.24, 2.45) is 5.92 Å². The molecule has 1 unspecified atom stereocenters. The smallest absolute Gasteiger partial charge is 0.325 e.